The van der Waals surface area contributed by atoms with E-state index in [1.807, 2.05) is 0 Å². The number of nitrogen functional groups attached to an aromatic ring is 1. The first-order chi connectivity index (χ1) is 9.00. The van der Waals surface area contributed by atoms with Crippen LogP contribution in [0.4, 0.5) is 5.69 Å². The van der Waals surface area contributed by atoms with Crippen molar-refractivity contribution in [2.75, 3.05) is 18.8 Å². The lowest BCUT2D eigenvalue weighted by molar-refractivity contribution is -0.129. The highest BCUT2D eigenvalue weighted by Crippen LogP contribution is 2.25. The molecule has 1 aliphatic heterocycles. The summed E-state index contributed by atoms with van der Waals surface area (Å²) in [6.07, 6.45) is 2.04. The number of carbonyl (C=O) groups excluding carboxylic acids is 1. The van der Waals surface area contributed by atoms with Crippen LogP contribution in [0.3, 0.4) is 0 Å². The van der Waals surface area contributed by atoms with Gasteiger partial charge in [0.25, 0.3) is 0 Å². The summed E-state index contributed by atoms with van der Waals surface area (Å²) in [5, 5.41) is -0.237. The summed E-state index contributed by atoms with van der Waals surface area (Å²) < 4.78 is 12.4. The molecule has 1 amide bonds. The van der Waals surface area contributed by atoms with Gasteiger partial charge < -0.3 is 10.6 Å². The first-order valence-electron chi connectivity index (χ1n) is 6.25. The van der Waals surface area contributed by atoms with Crippen LogP contribution in [-0.2, 0) is 15.6 Å². The fourth-order valence-electron chi connectivity index (χ4n) is 2.16. The second kappa shape index (κ2) is 5.92. The van der Waals surface area contributed by atoms with Gasteiger partial charge >= 0.3 is 0 Å². The molecule has 0 spiro atoms. The molecule has 2 N–H and O–H groups in total. The van der Waals surface area contributed by atoms with Gasteiger partial charge in [-0.3, -0.25) is 9.00 Å². The molecule has 0 aromatic heterocycles. The minimum atomic E-state index is -1.45. The number of rotatable bonds is 3. The van der Waals surface area contributed by atoms with Crippen LogP contribution in [0.2, 0.25) is 5.02 Å². The zero-order chi connectivity index (χ0) is 14.0. The van der Waals surface area contributed by atoms with E-state index in [1.165, 1.54) is 0 Å². The fourth-order valence-corrected chi connectivity index (χ4v) is 3.74. The Morgan fingerprint density at radius 3 is 2.63 bits per heavy atom. The predicted molar refractivity (Wildman–Crippen MR) is 77.5 cm³/mol. The van der Waals surface area contributed by atoms with E-state index in [2.05, 4.69) is 0 Å². The average molecular weight is 301 g/mol. The molecule has 2 rings (SSSR count). The summed E-state index contributed by atoms with van der Waals surface area (Å²) in [5.74, 6) is -0.0660. The van der Waals surface area contributed by atoms with Crippen LogP contribution in [0.5, 0.6) is 0 Å². The van der Waals surface area contributed by atoms with E-state index in [0.717, 1.165) is 25.9 Å². The Labute approximate surface area is 120 Å². The number of hydrogen-bond acceptors (Lipinski definition) is 3. The van der Waals surface area contributed by atoms with Crippen molar-refractivity contribution in [2.24, 2.45) is 0 Å². The standard InChI is InChI=1S/C13H17ClN2O2S/c1-9(13(17)16-6-2-3-7-16)19(18)12-5-4-10(15)8-11(12)14/h4-5,8-9H,2-3,6-7,15H2,1H3. The van der Waals surface area contributed by atoms with E-state index >= 15 is 0 Å². The molecule has 2 unspecified atom stereocenters. The van der Waals surface area contributed by atoms with Gasteiger partial charge in [0.2, 0.25) is 5.91 Å². The van der Waals surface area contributed by atoms with Crippen molar-refractivity contribution in [1.82, 2.24) is 4.90 Å². The molecule has 2 atom stereocenters. The van der Waals surface area contributed by atoms with E-state index < -0.39 is 16.0 Å². The van der Waals surface area contributed by atoms with Gasteiger partial charge in [-0.2, -0.15) is 0 Å². The lowest BCUT2D eigenvalue weighted by Crippen LogP contribution is -2.37. The van der Waals surface area contributed by atoms with Crippen molar-refractivity contribution in [3.05, 3.63) is 23.2 Å². The number of amides is 1. The molecule has 1 heterocycles. The van der Waals surface area contributed by atoms with Crippen molar-refractivity contribution >= 4 is 34.0 Å². The van der Waals surface area contributed by atoms with Gasteiger partial charge in [-0.1, -0.05) is 11.6 Å². The van der Waals surface area contributed by atoms with Crippen LogP contribution in [0.25, 0.3) is 0 Å². The molecule has 0 radical (unpaired) electrons. The Hall–Kier alpha value is -1.07. The lowest BCUT2D eigenvalue weighted by Gasteiger charge is -2.20. The highest BCUT2D eigenvalue weighted by molar-refractivity contribution is 7.86. The largest absolute Gasteiger partial charge is 0.399 e. The molecule has 1 aliphatic rings. The molecule has 19 heavy (non-hydrogen) atoms. The van der Waals surface area contributed by atoms with Crippen LogP contribution in [0.15, 0.2) is 23.1 Å². The van der Waals surface area contributed by atoms with Crippen molar-refractivity contribution in [3.63, 3.8) is 0 Å². The summed E-state index contributed by atoms with van der Waals surface area (Å²) in [6, 6.07) is 4.83. The minimum Gasteiger partial charge on any atom is -0.399 e. The second-order valence-electron chi connectivity index (χ2n) is 4.66. The Morgan fingerprint density at radius 2 is 2.05 bits per heavy atom. The molecule has 1 aromatic rings. The predicted octanol–water partition coefficient (Wildman–Crippen LogP) is 2.04. The molecule has 4 nitrogen and oxygen atoms in total. The molecule has 0 bridgehead atoms. The van der Waals surface area contributed by atoms with Gasteiger partial charge in [-0.25, -0.2) is 0 Å². The van der Waals surface area contributed by atoms with Crippen LogP contribution >= 0.6 is 11.6 Å². The van der Waals surface area contributed by atoms with E-state index in [9.17, 15) is 9.00 Å². The number of anilines is 1. The monoisotopic (exact) mass is 300 g/mol. The highest BCUT2D eigenvalue weighted by Gasteiger charge is 2.28. The zero-order valence-corrected chi connectivity index (χ0v) is 12.3. The number of benzene rings is 1. The molecule has 0 aliphatic carbocycles. The number of nitrogens with two attached hydrogens (primary N) is 1. The summed E-state index contributed by atoms with van der Waals surface area (Å²) in [6.45, 7) is 3.20. The van der Waals surface area contributed by atoms with Crippen LogP contribution in [-0.4, -0.2) is 33.4 Å². The first kappa shape index (κ1) is 14.3. The van der Waals surface area contributed by atoms with Crippen molar-refractivity contribution < 1.29 is 9.00 Å². The second-order valence-corrected chi connectivity index (χ2v) is 6.81. The maximum Gasteiger partial charge on any atom is 0.238 e. The van der Waals surface area contributed by atoms with E-state index in [-0.39, 0.29) is 5.91 Å². The van der Waals surface area contributed by atoms with Gasteiger partial charge in [-0.05, 0) is 38.0 Å². The maximum atomic E-state index is 12.4. The normalized spacial score (nSPS) is 18.3. The third kappa shape index (κ3) is 3.09. The first-order valence-corrected chi connectivity index (χ1v) is 7.84. The molecule has 0 saturated carbocycles. The third-order valence-corrected chi connectivity index (χ3v) is 5.32. The Morgan fingerprint density at radius 1 is 1.42 bits per heavy atom. The average Bonchev–Trinajstić information content (AvgIpc) is 2.90. The minimum absolute atomic E-state index is 0.0660. The van der Waals surface area contributed by atoms with E-state index in [1.54, 1.807) is 30.0 Å². The summed E-state index contributed by atoms with van der Waals surface area (Å²) >= 11 is 6.03. The number of halogens is 1. The van der Waals surface area contributed by atoms with Crippen molar-refractivity contribution in [3.8, 4) is 0 Å². The van der Waals surface area contributed by atoms with Crippen molar-refractivity contribution in [1.29, 1.82) is 0 Å². The molecule has 104 valence electrons. The van der Waals surface area contributed by atoms with Crippen molar-refractivity contribution in [2.45, 2.75) is 29.9 Å². The SMILES string of the molecule is CC(C(=O)N1CCCC1)S(=O)c1ccc(N)cc1Cl. The topological polar surface area (TPSA) is 63.4 Å². The van der Waals surface area contributed by atoms with Crippen LogP contribution in [0.1, 0.15) is 19.8 Å². The quantitative estimate of drug-likeness (QED) is 0.869. The number of carbonyl (C=O) groups is 1. The summed E-state index contributed by atoms with van der Waals surface area (Å²) in [5.41, 5.74) is 6.12. The number of hydrogen-bond donors (Lipinski definition) is 1. The number of nitrogens with zero attached hydrogens (tertiary/aromatic N) is 1. The van der Waals surface area contributed by atoms with Gasteiger partial charge in [-0.15, -0.1) is 0 Å². The Bertz CT molecular complexity index is 515. The molecule has 1 aromatic carbocycles. The molecule has 1 saturated heterocycles. The smallest absolute Gasteiger partial charge is 0.238 e. The van der Waals surface area contributed by atoms with Gasteiger partial charge in [0.1, 0.15) is 5.25 Å². The van der Waals surface area contributed by atoms with Crippen LogP contribution < -0.4 is 5.73 Å². The zero-order valence-electron chi connectivity index (χ0n) is 10.8. The third-order valence-electron chi connectivity index (χ3n) is 3.26. The van der Waals surface area contributed by atoms with Gasteiger partial charge in [0.05, 0.1) is 20.7 Å². The molecular formula is C13H17ClN2O2S. The van der Waals surface area contributed by atoms with Crippen LogP contribution in [0, 0.1) is 0 Å². The fraction of sp³-hybridized carbons (Fsp3) is 0.462. The molecular weight excluding hydrogens is 284 g/mol. The van der Waals surface area contributed by atoms with E-state index in [4.69, 9.17) is 17.3 Å². The molecule has 1 fully saturated rings. The summed E-state index contributed by atoms with van der Waals surface area (Å²) in [7, 11) is -1.45. The highest BCUT2D eigenvalue weighted by atomic mass is 35.5. The van der Waals surface area contributed by atoms with Gasteiger partial charge in [0, 0.05) is 18.8 Å². The van der Waals surface area contributed by atoms with E-state index in [0.29, 0.717) is 15.6 Å². The Balaban J connectivity index is 2.16. The molecule has 6 heteroatoms. The number of likely N-dealkylation sites (tertiary alicyclic amines) is 1. The Kier molecular flexibility index (Phi) is 4.47. The van der Waals surface area contributed by atoms with Gasteiger partial charge in [0.15, 0.2) is 0 Å². The lowest BCUT2D eigenvalue weighted by atomic mass is 10.3. The summed E-state index contributed by atoms with van der Waals surface area (Å²) in [4.78, 5) is 14.4. The maximum absolute atomic E-state index is 12.4.